The topological polar surface area (TPSA) is 24.9 Å². The van der Waals surface area contributed by atoms with Crippen LogP contribution in [-0.2, 0) is 6.54 Å². The lowest BCUT2D eigenvalue weighted by Crippen LogP contribution is -1.99. The van der Waals surface area contributed by atoms with Crippen molar-refractivity contribution < 1.29 is 0 Å². The second-order valence-corrected chi connectivity index (χ2v) is 5.59. The first-order chi connectivity index (χ1) is 7.65. The number of anilines is 1. The summed E-state index contributed by atoms with van der Waals surface area (Å²) in [6.07, 6.45) is 0. The van der Waals surface area contributed by atoms with Gasteiger partial charge in [0.15, 0.2) is 0 Å². The van der Waals surface area contributed by atoms with E-state index in [0.717, 1.165) is 27.4 Å². The lowest BCUT2D eigenvalue weighted by Gasteiger charge is -2.06. The molecule has 0 aliphatic carbocycles. The molecule has 0 saturated carbocycles. The van der Waals surface area contributed by atoms with E-state index in [1.807, 2.05) is 6.92 Å². The fourth-order valence-electron chi connectivity index (χ4n) is 1.44. The first kappa shape index (κ1) is 11.6. The summed E-state index contributed by atoms with van der Waals surface area (Å²) in [5.74, 6) is 0. The summed E-state index contributed by atoms with van der Waals surface area (Å²) in [4.78, 5) is 4.41. The van der Waals surface area contributed by atoms with Gasteiger partial charge in [-0.2, -0.15) is 0 Å². The zero-order chi connectivity index (χ0) is 11.5. The lowest BCUT2D eigenvalue weighted by atomic mass is 10.2. The number of rotatable bonds is 3. The van der Waals surface area contributed by atoms with Crippen molar-refractivity contribution in [3.8, 4) is 0 Å². The smallest absolute Gasteiger partial charge is 0.0898 e. The van der Waals surface area contributed by atoms with Crippen LogP contribution in [0.15, 0.2) is 28.1 Å². The van der Waals surface area contributed by atoms with Crippen LogP contribution in [-0.4, -0.2) is 4.98 Å². The number of halogens is 1. The Morgan fingerprint density at radius 2 is 2.19 bits per heavy atom. The first-order valence-electron chi connectivity index (χ1n) is 5.06. The minimum atomic E-state index is 0.783. The van der Waals surface area contributed by atoms with E-state index in [2.05, 4.69) is 56.7 Å². The predicted octanol–water partition coefficient (Wildman–Crippen LogP) is 4.13. The monoisotopic (exact) mass is 296 g/mol. The lowest BCUT2D eigenvalue weighted by molar-refractivity contribution is 1.05. The van der Waals surface area contributed by atoms with Gasteiger partial charge >= 0.3 is 0 Å². The van der Waals surface area contributed by atoms with Crippen LogP contribution in [0.4, 0.5) is 5.69 Å². The second-order valence-electron chi connectivity index (χ2n) is 3.68. The van der Waals surface area contributed by atoms with Crippen molar-refractivity contribution in [1.82, 2.24) is 4.98 Å². The summed E-state index contributed by atoms with van der Waals surface area (Å²) in [7, 11) is 0. The number of hydrogen-bond acceptors (Lipinski definition) is 3. The maximum atomic E-state index is 4.41. The molecule has 0 saturated heterocycles. The van der Waals surface area contributed by atoms with Gasteiger partial charge in [0.1, 0.15) is 0 Å². The molecule has 4 heteroatoms. The quantitative estimate of drug-likeness (QED) is 0.921. The third-order valence-electron chi connectivity index (χ3n) is 2.30. The Kier molecular flexibility index (Phi) is 3.61. The molecule has 0 unspecified atom stereocenters. The van der Waals surface area contributed by atoms with Gasteiger partial charge in [-0.05, 0) is 37.6 Å². The van der Waals surface area contributed by atoms with Crippen LogP contribution in [0.25, 0.3) is 0 Å². The number of nitrogens with zero attached hydrogens (tertiary/aromatic N) is 1. The summed E-state index contributed by atoms with van der Waals surface area (Å²) in [5.41, 5.74) is 3.47. The highest BCUT2D eigenvalue weighted by Gasteiger charge is 2.00. The van der Waals surface area contributed by atoms with E-state index in [-0.39, 0.29) is 0 Å². The molecule has 0 atom stereocenters. The van der Waals surface area contributed by atoms with Gasteiger partial charge in [-0.3, -0.25) is 0 Å². The van der Waals surface area contributed by atoms with Crippen LogP contribution in [0, 0.1) is 13.8 Å². The van der Waals surface area contributed by atoms with Crippen molar-refractivity contribution >= 4 is 33.0 Å². The summed E-state index contributed by atoms with van der Waals surface area (Å²) >= 11 is 5.18. The molecule has 0 fully saturated rings. The van der Waals surface area contributed by atoms with Crippen LogP contribution >= 0.6 is 27.3 Å². The SMILES string of the molecule is Cc1nc(CNc2ccc(Br)c(C)c2)cs1. The van der Waals surface area contributed by atoms with Gasteiger partial charge in [0.25, 0.3) is 0 Å². The van der Waals surface area contributed by atoms with Crippen molar-refractivity contribution in [2.45, 2.75) is 20.4 Å². The zero-order valence-electron chi connectivity index (χ0n) is 9.25. The van der Waals surface area contributed by atoms with Crippen molar-refractivity contribution in [2.24, 2.45) is 0 Å². The van der Waals surface area contributed by atoms with Gasteiger partial charge < -0.3 is 5.32 Å². The molecular formula is C12H13BrN2S. The Balaban J connectivity index is 2.02. The molecule has 0 bridgehead atoms. The predicted molar refractivity (Wildman–Crippen MR) is 73.1 cm³/mol. The number of hydrogen-bond donors (Lipinski definition) is 1. The first-order valence-corrected chi connectivity index (χ1v) is 6.73. The Morgan fingerprint density at radius 1 is 1.38 bits per heavy atom. The second kappa shape index (κ2) is 4.97. The molecular weight excluding hydrogens is 284 g/mol. The van der Waals surface area contributed by atoms with Crippen molar-refractivity contribution in [1.29, 1.82) is 0 Å². The summed E-state index contributed by atoms with van der Waals surface area (Å²) in [6, 6.07) is 6.25. The van der Waals surface area contributed by atoms with E-state index >= 15 is 0 Å². The fraction of sp³-hybridized carbons (Fsp3) is 0.250. The normalized spacial score (nSPS) is 10.4. The molecule has 0 spiro atoms. The van der Waals surface area contributed by atoms with Gasteiger partial charge in [-0.25, -0.2) is 4.98 Å². The van der Waals surface area contributed by atoms with E-state index < -0.39 is 0 Å². The van der Waals surface area contributed by atoms with Crippen LogP contribution < -0.4 is 5.32 Å². The maximum absolute atomic E-state index is 4.41. The van der Waals surface area contributed by atoms with Gasteiger partial charge in [-0.15, -0.1) is 11.3 Å². The molecule has 2 aromatic rings. The molecule has 1 heterocycles. The van der Waals surface area contributed by atoms with Crippen LogP contribution in [0.5, 0.6) is 0 Å². The molecule has 0 radical (unpaired) electrons. The third kappa shape index (κ3) is 2.83. The van der Waals surface area contributed by atoms with Crippen molar-refractivity contribution in [3.63, 3.8) is 0 Å². The Hall–Kier alpha value is -0.870. The largest absolute Gasteiger partial charge is 0.379 e. The average Bonchev–Trinajstić information content (AvgIpc) is 2.66. The Morgan fingerprint density at radius 3 is 2.81 bits per heavy atom. The van der Waals surface area contributed by atoms with Crippen LogP contribution in [0.1, 0.15) is 16.3 Å². The number of aromatic nitrogens is 1. The molecule has 0 aliphatic rings. The zero-order valence-corrected chi connectivity index (χ0v) is 11.7. The van der Waals surface area contributed by atoms with Gasteiger partial charge in [0, 0.05) is 15.5 Å². The van der Waals surface area contributed by atoms with E-state index in [1.54, 1.807) is 11.3 Å². The molecule has 2 rings (SSSR count). The average molecular weight is 297 g/mol. The fourth-order valence-corrected chi connectivity index (χ4v) is 2.30. The Bertz CT molecular complexity index is 494. The van der Waals surface area contributed by atoms with Gasteiger partial charge in [0.05, 0.1) is 17.2 Å². The number of thiazole rings is 1. The van der Waals surface area contributed by atoms with Crippen molar-refractivity contribution in [3.05, 3.63) is 44.3 Å². The highest BCUT2D eigenvalue weighted by atomic mass is 79.9. The summed E-state index contributed by atoms with van der Waals surface area (Å²) < 4.78 is 1.14. The highest BCUT2D eigenvalue weighted by Crippen LogP contribution is 2.20. The summed E-state index contributed by atoms with van der Waals surface area (Å²) in [6.45, 7) is 4.89. The van der Waals surface area contributed by atoms with Crippen LogP contribution in [0.3, 0.4) is 0 Å². The molecule has 1 N–H and O–H groups in total. The molecule has 84 valence electrons. The molecule has 0 amide bonds. The Labute approximate surface area is 108 Å². The molecule has 16 heavy (non-hydrogen) atoms. The van der Waals surface area contributed by atoms with Gasteiger partial charge in [-0.1, -0.05) is 15.9 Å². The molecule has 2 nitrogen and oxygen atoms in total. The molecule has 1 aromatic heterocycles. The molecule has 1 aromatic carbocycles. The number of benzene rings is 1. The van der Waals surface area contributed by atoms with Gasteiger partial charge in [0.2, 0.25) is 0 Å². The van der Waals surface area contributed by atoms with E-state index in [9.17, 15) is 0 Å². The van der Waals surface area contributed by atoms with E-state index in [0.29, 0.717) is 0 Å². The van der Waals surface area contributed by atoms with Crippen molar-refractivity contribution in [2.75, 3.05) is 5.32 Å². The minimum absolute atomic E-state index is 0.783. The molecule has 0 aliphatic heterocycles. The van der Waals surface area contributed by atoms with E-state index in [1.165, 1.54) is 5.56 Å². The van der Waals surface area contributed by atoms with E-state index in [4.69, 9.17) is 0 Å². The minimum Gasteiger partial charge on any atom is -0.379 e. The highest BCUT2D eigenvalue weighted by molar-refractivity contribution is 9.10. The number of aryl methyl sites for hydroxylation is 2. The van der Waals surface area contributed by atoms with Crippen LogP contribution in [0.2, 0.25) is 0 Å². The maximum Gasteiger partial charge on any atom is 0.0898 e. The number of nitrogens with one attached hydrogen (secondary N) is 1. The summed E-state index contributed by atoms with van der Waals surface area (Å²) in [5, 5.41) is 6.57. The third-order valence-corrected chi connectivity index (χ3v) is 4.01. The standard InChI is InChI=1S/C12H13BrN2S/c1-8-5-10(3-4-12(8)13)14-6-11-7-16-9(2)15-11/h3-5,7,14H,6H2,1-2H3.